The largest absolute Gasteiger partial charge is 0.377 e. The van der Waals surface area contributed by atoms with Crippen LogP contribution >= 0.6 is 11.3 Å². The SMILES string of the molecule is c1csc(C(NCC2CCCCO2)C2CC2)c1. The fourth-order valence-corrected chi connectivity index (χ4v) is 3.52. The summed E-state index contributed by atoms with van der Waals surface area (Å²) >= 11 is 1.88. The van der Waals surface area contributed by atoms with E-state index in [1.807, 2.05) is 11.3 Å². The maximum atomic E-state index is 5.79. The first-order chi connectivity index (χ1) is 8.43. The summed E-state index contributed by atoms with van der Waals surface area (Å²) in [6.45, 7) is 1.98. The maximum absolute atomic E-state index is 5.79. The van der Waals surface area contributed by atoms with Crippen molar-refractivity contribution in [3.05, 3.63) is 22.4 Å². The van der Waals surface area contributed by atoms with Crippen molar-refractivity contribution in [2.75, 3.05) is 13.2 Å². The lowest BCUT2D eigenvalue weighted by molar-refractivity contribution is 0.0150. The van der Waals surface area contributed by atoms with Crippen molar-refractivity contribution in [2.24, 2.45) is 5.92 Å². The van der Waals surface area contributed by atoms with Gasteiger partial charge in [-0.3, -0.25) is 0 Å². The highest BCUT2D eigenvalue weighted by Crippen LogP contribution is 2.42. The molecule has 0 bridgehead atoms. The van der Waals surface area contributed by atoms with Gasteiger partial charge in [0.2, 0.25) is 0 Å². The normalized spacial score (nSPS) is 26.9. The van der Waals surface area contributed by atoms with Gasteiger partial charge in [0.15, 0.2) is 0 Å². The van der Waals surface area contributed by atoms with E-state index in [9.17, 15) is 0 Å². The minimum Gasteiger partial charge on any atom is -0.377 e. The van der Waals surface area contributed by atoms with Crippen LogP contribution in [0.15, 0.2) is 17.5 Å². The molecule has 2 nitrogen and oxygen atoms in total. The molecule has 2 heterocycles. The lowest BCUT2D eigenvalue weighted by Crippen LogP contribution is -2.34. The highest BCUT2D eigenvalue weighted by Gasteiger charge is 2.33. The minimum absolute atomic E-state index is 0.449. The Morgan fingerprint density at radius 3 is 2.94 bits per heavy atom. The average molecular weight is 251 g/mol. The van der Waals surface area contributed by atoms with Crippen molar-refractivity contribution in [3.8, 4) is 0 Å². The molecule has 0 aromatic carbocycles. The number of ether oxygens (including phenoxy) is 1. The van der Waals surface area contributed by atoms with Crippen molar-refractivity contribution in [3.63, 3.8) is 0 Å². The quantitative estimate of drug-likeness (QED) is 0.866. The Bertz CT molecular complexity index is 328. The summed E-state index contributed by atoms with van der Waals surface area (Å²) in [5.41, 5.74) is 0. The first-order valence-electron chi connectivity index (χ1n) is 6.82. The third kappa shape index (κ3) is 3.09. The molecule has 1 aliphatic heterocycles. The highest BCUT2D eigenvalue weighted by atomic mass is 32.1. The zero-order chi connectivity index (χ0) is 11.5. The second-order valence-corrected chi connectivity index (χ2v) is 6.21. The van der Waals surface area contributed by atoms with Crippen LogP contribution in [-0.2, 0) is 4.74 Å². The van der Waals surface area contributed by atoms with Crippen LogP contribution in [0.2, 0.25) is 0 Å². The second-order valence-electron chi connectivity index (χ2n) is 5.23. The Morgan fingerprint density at radius 1 is 1.35 bits per heavy atom. The van der Waals surface area contributed by atoms with E-state index in [4.69, 9.17) is 4.74 Å². The second kappa shape index (κ2) is 5.51. The smallest absolute Gasteiger partial charge is 0.0699 e. The molecule has 17 heavy (non-hydrogen) atoms. The molecule has 1 N–H and O–H groups in total. The summed E-state index contributed by atoms with van der Waals surface area (Å²) in [5.74, 6) is 0.872. The molecule has 94 valence electrons. The van der Waals surface area contributed by atoms with Crippen LogP contribution in [0, 0.1) is 5.92 Å². The van der Waals surface area contributed by atoms with Crippen LogP contribution in [0.25, 0.3) is 0 Å². The molecule has 2 atom stereocenters. The van der Waals surface area contributed by atoms with Crippen LogP contribution in [-0.4, -0.2) is 19.3 Å². The van der Waals surface area contributed by atoms with Gasteiger partial charge in [0, 0.05) is 24.1 Å². The Morgan fingerprint density at radius 2 is 2.29 bits per heavy atom. The van der Waals surface area contributed by atoms with E-state index in [0.717, 1.165) is 19.1 Å². The number of hydrogen-bond donors (Lipinski definition) is 1. The van der Waals surface area contributed by atoms with Crippen molar-refractivity contribution in [1.82, 2.24) is 5.32 Å². The van der Waals surface area contributed by atoms with Gasteiger partial charge in [-0.25, -0.2) is 0 Å². The zero-order valence-electron chi connectivity index (χ0n) is 10.2. The molecule has 1 aromatic heterocycles. The molecular formula is C14H21NOS. The Kier molecular flexibility index (Phi) is 3.79. The van der Waals surface area contributed by atoms with Crippen LogP contribution in [0.1, 0.15) is 43.0 Å². The van der Waals surface area contributed by atoms with E-state index in [-0.39, 0.29) is 0 Å². The summed E-state index contributed by atoms with van der Waals surface area (Å²) < 4.78 is 5.79. The van der Waals surface area contributed by atoms with E-state index < -0.39 is 0 Å². The third-order valence-corrected chi connectivity index (χ3v) is 4.74. The number of thiophene rings is 1. The van der Waals surface area contributed by atoms with Crippen LogP contribution < -0.4 is 5.32 Å². The highest BCUT2D eigenvalue weighted by molar-refractivity contribution is 7.10. The molecule has 3 heteroatoms. The van der Waals surface area contributed by atoms with Gasteiger partial charge in [-0.1, -0.05) is 6.07 Å². The molecule has 2 aliphatic rings. The topological polar surface area (TPSA) is 21.3 Å². The summed E-state index contributed by atoms with van der Waals surface area (Å²) in [6, 6.07) is 5.01. The fourth-order valence-electron chi connectivity index (χ4n) is 2.62. The Balaban J connectivity index is 1.54. The predicted octanol–water partition coefficient (Wildman–Crippen LogP) is 3.36. The van der Waals surface area contributed by atoms with Crippen LogP contribution in [0.5, 0.6) is 0 Å². The zero-order valence-corrected chi connectivity index (χ0v) is 11.0. The monoisotopic (exact) mass is 251 g/mol. The molecule has 1 saturated carbocycles. The minimum atomic E-state index is 0.449. The maximum Gasteiger partial charge on any atom is 0.0699 e. The van der Waals surface area contributed by atoms with Gasteiger partial charge in [0.25, 0.3) is 0 Å². The first-order valence-corrected chi connectivity index (χ1v) is 7.70. The number of rotatable bonds is 5. The van der Waals surface area contributed by atoms with Crippen molar-refractivity contribution in [2.45, 2.75) is 44.2 Å². The Labute approximate surface area is 107 Å². The van der Waals surface area contributed by atoms with Gasteiger partial charge in [0.1, 0.15) is 0 Å². The van der Waals surface area contributed by atoms with Gasteiger partial charge in [-0.15, -0.1) is 11.3 Å². The lowest BCUT2D eigenvalue weighted by Gasteiger charge is -2.25. The van der Waals surface area contributed by atoms with Crippen molar-refractivity contribution >= 4 is 11.3 Å². The van der Waals surface area contributed by atoms with Gasteiger partial charge >= 0.3 is 0 Å². The van der Waals surface area contributed by atoms with Crippen molar-refractivity contribution < 1.29 is 4.74 Å². The summed E-state index contributed by atoms with van der Waals surface area (Å²) in [4.78, 5) is 1.50. The van der Waals surface area contributed by atoms with E-state index in [0.29, 0.717) is 12.1 Å². The molecule has 0 radical (unpaired) electrons. The summed E-state index contributed by atoms with van der Waals surface area (Å²) in [5, 5.41) is 5.92. The first kappa shape index (κ1) is 11.7. The average Bonchev–Trinajstić information content (AvgIpc) is 3.06. The molecule has 2 fully saturated rings. The van der Waals surface area contributed by atoms with Gasteiger partial charge < -0.3 is 10.1 Å². The molecule has 0 spiro atoms. The molecule has 1 aromatic rings. The van der Waals surface area contributed by atoms with E-state index in [2.05, 4.69) is 22.8 Å². The van der Waals surface area contributed by atoms with Crippen molar-refractivity contribution in [1.29, 1.82) is 0 Å². The van der Waals surface area contributed by atoms with Crippen LogP contribution in [0.4, 0.5) is 0 Å². The summed E-state index contributed by atoms with van der Waals surface area (Å²) in [7, 11) is 0. The standard InChI is InChI=1S/C14H21NOS/c1-2-8-16-12(4-1)10-15-14(11-6-7-11)13-5-3-9-17-13/h3,5,9,11-12,14-15H,1-2,4,6-8,10H2. The van der Waals surface area contributed by atoms with E-state index in [1.165, 1.54) is 37.0 Å². The van der Waals surface area contributed by atoms with Gasteiger partial charge in [-0.2, -0.15) is 0 Å². The molecule has 0 amide bonds. The third-order valence-electron chi connectivity index (χ3n) is 3.78. The molecule has 1 aliphatic carbocycles. The molecule has 3 rings (SSSR count). The van der Waals surface area contributed by atoms with Gasteiger partial charge in [-0.05, 0) is 49.5 Å². The Hall–Kier alpha value is -0.380. The molecule has 1 saturated heterocycles. The predicted molar refractivity (Wildman–Crippen MR) is 71.4 cm³/mol. The number of nitrogens with one attached hydrogen (secondary N) is 1. The van der Waals surface area contributed by atoms with E-state index >= 15 is 0 Å². The van der Waals surface area contributed by atoms with Gasteiger partial charge in [0.05, 0.1) is 6.10 Å². The van der Waals surface area contributed by atoms with E-state index in [1.54, 1.807) is 0 Å². The molecular weight excluding hydrogens is 230 g/mol. The lowest BCUT2D eigenvalue weighted by atomic mass is 10.1. The summed E-state index contributed by atoms with van der Waals surface area (Å²) in [6.07, 6.45) is 7.04. The van der Waals surface area contributed by atoms with Crippen LogP contribution in [0.3, 0.4) is 0 Å². The fraction of sp³-hybridized carbons (Fsp3) is 0.714. The molecule has 2 unspecified atom stereocenters. The number of hydrogen-bond acceptors (Lipinski definition) is 3.